The zero-order valence-corrected chi connectivity index (χ0v) is 20.0. The number of ether oxygens (including phenoxy) is 2. The van der Waals surface area contributed by atoms with Crippen LogP contribution in [0.15, 0.2) is 72.8 Å². The summed E-state index contributed by atoms with van der Waals surface area (Å²) in [6.45, 7) is 3.55. The molecule has 0 atom stereocenters. The average molecular weight is 489 g/mol. The van der Waals surface area contributed by atoms with Gasteiger partial charge < -0.3 is 20.1 Å². The second-order valence-electron chi connectivity index (χ2n) is 8.08. The minimum Gasteiger partial charge on any atom is -0.493 e. The fraction of sp³-hybridized carbons (Fsp3) is 0.148. The molecule has 1 heterocycles. The number of carbonyl (C=O) groups is 2. The van der Waals surface area contributed by atoms with Crippen LogP contribution in [0.5, 0.6) is 11.5 Å². The SMILES string of the molecule is COc1cc(C(=O)Nc2cc(C)nn2-c2ccc(C)cc2)ccc1OCC(=O)Nc1ccc(F)cc1. The normalized spacial score (nSPS) is 10.6. The summed E-state index contributed by atoms with van der Waals surface area (Å²) in [4.78, 5) is 25.2. The van der Waals surface area contributed by atoms with E-state index in [9.17, 15) is 14.0 Å². The van der Waals surface area contributed by atoms with Gasteiger partial charge in [0.2, 0.25) is 0 Å². The van der Waals surface area contributed by atoms with E-state index in [1.54, 1.807) is 22.9 Å². The topological polar surface area (TPSA) is 94.5 Å². The maximum atomic E-state index is 13.0. The van der Waals surface area contributed by atoms with Crippen LogP contribution in [0.3, 0.4) is 0 Å². The van der Waals surface area contributed by atoms with E-state index in [4.69, 9.17) is 9.47 Å². The number of benzene rings is 3. The van der Waals surface area contributed by atoms with Gasteiger partial charge in [0, 0.05) is 17.3 Å². The van der Waals surface area contributed by atoms with Gasteiger partial charge in [-0.3, -0.25) is 9.59 Å². The van der Waals surface area contributed by atoms with Gasteiger partial charge in [-0.1, -0.05) is 17.7 Å². The summed E-state index contributed by atoms with van der Waals surface area (Å²) in [6, 6.07) is 19.7. The summed E-state index contributed by atoms with van der Waals surface area (Å²) in [5.41, 5.74) is 3.49. The Bertz CT molecular complexity index is 1380. The minimum atomic E-state index is -0.426. The van der Waals surface area contributed by atoms with E-state index in [0.29, 0.717) is 28.6 Å². The van der Waals surface area contributed by atoms with Gasteiger partial charge in [-0.2, -0.15) is 5.10 Å². The van der Waals surface area contributed by atoms with E-state index in [1.165, 1.54) is 37.4 Å². The standard InChI is InChI=1S/C27H25FN4O4/c1-17-4-11-22(12-5-17)32-25(14-18(2)31-32)30-27(34)19-6-13-23(24(15-19)35-3)36-16-26(33)29-21-9-7-20(28)8-10-21/h4-15H,16H2,1-3H3,(H,29,33)(H,30,34). The Labute approximate surface area is 207 Å². The van der Waals surface area contributed by atoms with E-state index in [0.717, 1.165) is 16.9 Å². The third kappa shape index (κ3) is 5.87. The van der Waals surface area contributed by atoms with Gasteiger partial charge in [-0.05, 0) is 68.4 Å². The number of aryl methyl sites for hydroxylation is 2. The highest BCUT2D eigenvalue weighted by Gasteiger charge is 2.16. The van der Waals surface area contributed by atoms with Gasteiger partial charge in [-0.15, -0.1) is 0 Å². The molecule has 0 fully saturated rings. The van der Waals surface area contributed by atoms with Crippen LogP contribution in [0.4, 0.5) is 15.9 Å². The van der Waals surface area contributed by atoms with E-state index in [-0.39, 0.29) is 12.5 Å². The molecule has 8 nitrogen and oxygen atoms in total. The first-order valence-electron chi connectivity index (χ1n) is 11.1. The van der Waals surface area contributed by atoms with E-state index >= 15 is 0 Å². The lowest BCUT2D eigenvalue weighted by atomic mass is 10.2. The lowest BCUT2D eigenvalue weighted by Crippen LogP contribution is -2.20. The first-order valence-corrected chi connectivity index (χ1v) is 11.1. The van der Waals surface area contributed by atoms with Crippen LogP contribution in [0, 0.1) is 19.7 Å². The van der Waals surface area contributed by atoms with Crippen molar-refractivity contribution in [2.24, 2.45) is 0 Å². The molecule has 3 aromatic carbocycles. The quantitative estimate of drug-likeness (QED) is 0.368. The molecule has 0 bridgehead atoms. The fourth-order valence-electron chi connectivity index (χ4n) is 3.46. The second kappa shape index (κ2) is 10.7. The van der Waals surface area contributed by atoms with Crippen LogP contribution in [0.2, 0.25) is 0 Å². The van der Waals surface area contributed by atoms with Gasteiger partial charge in [0.1, 0.15) is 11.6 Å². The molecule has 1 aromatic heterocycles. The Hall–Kier alpha value is -4.66. The number of carbonyl (C=O) groups excluding carboxylic acids is 2. The Balaban J connectivity index is 1.44. The van der Waals surface area contributed by atoms with E-state index < -0.39 is 11.7 Å². The summed E-state index contributed by atoms with van der Waals surface area (Å²) < 4.78 is 25.6. The van der Waals surface area contributed by atoms with E-state index in [1.807, 2.05) is 38.1 Å². The molecule has 0 saturated heterocycles. The highest BCUT2D eigenvalue weighted by Crippen LogP contribution is 2.29. The van der Waals surface area contributed by atoms with Gasteiger partial charge >= 0.3 is 0 Å². The van der Waals surface area contributed by atoms with Crippen molar-refractivity contribution in [1.29, 1.82) is 0 Å². The molecular weight excluding hydrogens is 463 g/mol. The third-order valence-electron chi connectivity index (χ3n) is 5.26. The van der Waals surface area contributed by atoms with Crippen LogP contribution in [-0.2, 0) is 4.79 Å². The molecule has 4 rings (SSSR count). The molecule has 0 aliphatic heterocycles. The summed E-state index contributed by atoms with van der Waals surface area (Å²) in [5.74, 6) is -0.0670. The number of nitrogens with zero attached hydrogens (tertiary/aromatic N) is 2. The predicted octanol–water partition coefficient (Wildman–Crippen LogP) is 4.91. The molecule has 0 radical (unpaired) electrons. The van der Waals surface area contributed by atoms with Crippen molar-refractivity contribution in [2.75, 3.05) is 24.4 Å². The first-order chi connectivity index (χ1) is 17.3. The molecule has 0 saturated carbocycles. The van der Waals surface area contributed by atoms with Gasteiger partial charge in [0.15, 0.2) is 18.1 Å². The van der Waals surface area contributed by atoms with Crippen molar-refractivity contribution in [1.82, 2.24) is 9.78 Å². The van der Waals surface area contributed by atoms with Crippen LogP contribution >= 0.6 is 0 Å². The van der Waals surface area contributed by atoms with Crippen molar-refractivity contribution >= 4 is 23.3 Å². The van der Waals surface area contributed by atoms with Crippen LogP contribution < -0.4 is 20.1 Å². The molecule has 0 unspecified atom stereocenters. The molecule has 4 aromatic rings. The van der Waals surface area contributed by atoms with Crippen LogP contribution in [-0.4, -0.2) is 35.3 Å². The molecule has 2 amide bonds. The highest BCUT2D eigenvalue weighted by atomic mass is 19.1. The predicted molar refractivity (Wildman–Crippen MR) is 135 cm³/mol. The number of halogens is 1. The third-order valence-corrected chi connectivity index (χ3v) is 5.26. The van der Waals surface area contributed by atoms with Crippen LogP contribution in [0.1, 0.15) is 21.6 Å². The number of nitrogens with one attached hydrogen (secondary N) is 2. The number of anilines is 2. The monoisotopic (exact) mass is 488 g/mol. The van der Waals surface area contributed by atoms with Crippen LogP contribution in [0.25, 0.3) is 5.69 Å². The van der Waals surface area contributed by atoms with E-state index in [2.05, 4.69) is 15.7 Å². The Kier molecular flexibility index (Phi) is 7.29. The number of methoxy groups -OCH3 is 1. The largest absolute Gasteiger partial charge is 0.493 e. The zero-order valence-electron chi connectivity index (χ0n) is 20.0. The molecule has 36 heavy (non-hydrogen) atoms. The summed E-state index contributed by atoms with van der Waals surface area (Å²) in [7, 11) is 1.44. The van der Waals surface area contributed by atoms with Crippen molar-refractivity contribution < 1.29 is 23.5 Å². The Morgan fingerprint density at radius 1 is 0.917 bits per heavy atom. The van der Waals surface area contributed by atoms with Gasteiger partial charge in [0.05, 0.1) is 18.5 Å². The number of amides is 2. The molecule has 0 aliphatic carbocycles. The minimum absolute atomic E-state index is 0.292. The highest BCUT2D eigenvalue weighted by molar-refractivity contribution is 6.04. The molecular formula is C27H25FN4O4. The summed E-state index contributed by atoms with van der Waals surface area (Å²) >= 11 is 0. The second-order valence-corrected chi connectivity index (χ2v) is 8.08. The molecule has 0 spiro atoms. The lowest BCUT2D eigenvalue weighted by Gasteiger charge is -2.13. The maximum absolute atomic E-state index is 13.0. The average Bonchev–Trinajstić information content (AvgIpc) is 3.24. The van der Waals surface area contributed by atoms with Crippen molar-refractivity contribution in [3.63, 3.8) is 0 Å². The van der Waals surface area contributed by atoms with Gasteiger partial charge in [-0.25, -0.2) is 9.07 Å². The van der Waals surface area contributed by atoms with Gasteiger partial charge in [0.25, 0.3) is 11.8 Å². The number of hydrogen-bond donors (Lipinski definition) is 2. The molecule has 0 aliphatic rings. The van der Waals surface area contributed by atoms with Crippen molar-refractivity contribution in [3.05, 3.63) is 95.4 Å². The number of aromatic nitrogens is 2. The molecule has 2 N–H and O–H groups in total. The summed E-state index contributed by atoms with van der Waals surface area (Å²) in [6.07, 6.45) is 0. The lowest BCUT2D eigenvalue weighted by molar-refractivity contribution is -0.118. The smallest absolute Gasteiger partial charge is 0.262 e. The molecule has 9 heteroatoms. The number of rotatable bonds is 8. The summed E-state index contributed by atoms with van der Waals surface area (Å²) in [5, 5.41) is 9.98. The molecule has 184 valence electrons. The number of hydrogen-bond acceptors (Lipinski definition) is 5. The maximum Gasteiger partial charge on any atom is 0.262 e. The van der Waals surface area contributed by atoms with Crippen molar-refractivity contribution in [2.45, 2.75) is 13.8 Å². The van der Waals surface area contributed by atoms with Crippen molar-refractivity contribution in [3.8, 4) is 17.2 Å². The Morgan fingerprint density at radius 3 is 2.33 bits per heavy atom. The first kappa shape index (κ1) is 24.5. The fourth-order valence-corrected chi connectivity index (χ4v) is 3.46. The Morgan fingerprint density at radius 2 is 1.64 bits per heavy atom. The zero-order chi connectivity index (χ0) is 25.7.